The highest BCUT2D eigenvalue weighted by Crippen LogP contribution is 2.03. The fraction of sp³-hybridized carbons (Fsp3) is 1.00. The molecule has 0 fully saturated rings. The number of thiol groups is 1. The fourth-order valence-electron chi connectivity index (χ4n) is 1.65. The van der Waals surface area contributed by atoms with Gasteiger partial charge < -0.3 is 9.64 Å². The Kier molecular flexibility index (Phi) is 9.66. The number of nitrogens with zero attached hydrogens (tertiary/aromatic N) is 1. The summed E-state index contributed by atoms with van der Waals surface area (Å²) in [6, 6.07) is 0. The highest BCUT2D eigenvalue weighted by molar-refractivity contribution is 7.80. The van der Waals surface area contributed by atoms with Gasteiger partial charge >= 0.3 is 0 Å². The minimum atomic E-state index is 0.730. The first kappa shape index (κ1) is 15.3. The lowest BCUT2D eigenvalue weighted by Gasteiger charge is -2.25. The van der Waals surface area contributed by atoms with Crippen LogP contribution in [0.5, 0.6) is 0 Å². The Hall–Kier alpha value is 0.270. The van der Waals surface area contributed by atoms with Crippen LogP contribution in [0.25, 0.3) is 0 Å². The lowest BCUT2D eigenvalue weighted by molar-refractivity contribution is 0.105. The van der Waals surface area contributed by atoms with Gasteiger partial charge in [-0.3, -0.25) is 0 Å². The third-order valence-electron chi connectivity index (χ3n) is 2.03. The fourth-order valence-corrected chi connectivity index (χ4v) is 1.78. The van der Waals surface area contributed by atoms with Gasteiger partial charge in [0, 0.05) is 25.4 Å². The lowest BCUT2D eigenvalue weighted by Crippen LogP contribution is -2.34. The first-order valence-corrected chi connectivity index (χ1v) is 6.60. The van der Waals surface area contributed by atoms with Crippen molar-refractivity contribution in [3.8, 4) is 0 Å². The number of hydrogen-bond donors (Lipinski definition) is 1. The van der Waals surface area contributed by atoms with E-state index in [-0.39, 0.29) is 0 Å². The van der Waals surface area contributed by atoms with E-state index in [4.69, 9.17) is 4.74 Å². The molecule has 0 radical (unpaired) electrons. The maximum atomic E-state index is 5.46. The molecule has 0 aromatic heterocycles. The number of rotatable bonds is 9. The van der Waals surface area contributed by atoms with Gasteiger partial charge in [0.2, 0.25) is 0 Å². The Balaban J connectivity index is 3.69. The van der Waals surface area contributed by atoms with Crippen LogP contribution in [0, 0.1) is 11.8 Å². The average molecular weight is 233 g/mol. The highest BCUT2D eigenvalue weighted by atomic mass is 32.1. The van der Waals surface area contributed by atoms with Crippen LogP contribution >= 0.6 is 12.6 Å². The molecule has 0 spiro atoms. The van der Waals surface area contributed by atoms with Gasteiger partial charge in [-0.05, 0) is 11.8 Å². The van der Waals surface area contributed by atoms with Crippen LogP contribution < -0.4 is 0 Å². The predicted octanol–water partition coefficient (Wildman–Crippen LogP) is 2.55. The van der Waals surface area contributed by atoms with Crippen molar-refractivity contribution < 1.29 is 4.74 Å². The van der Waals surface area contributed by atoms with Crippen molar-refractivity contribution in [1.82, 2.24) is 4.90 Å². The molecule has 0 heterocycles. The summed E-state index contributed by atoms with van der Waals surface area (Å²) in [5.74, 6) is 2.27. The largest absolute Gasteiger partial charge is 0.379 e. The third-order valence-corrected chi connectivity index (χ3v) is 2.22. The summed E-state index contributed by atoms with van der Waals surface area (Å²) in [7, 11) is 0. The second kappa shape index (κ2) is 9.49. The van der Waals surface area contributed by atoms with Crippen LogP contribution in [-0.4, -0.2) is 43.5 Å². The van der Waals surface area contributed by atoms with Gasteiger partial charge in [-0.2, -0.15) is 12.6 Å². The van der Waals surface area contributed by atoms with Crippen LogP contribution in [0.3, 0.4) is 0 Å². The van der Waals surface area contributed by atoms with E-state index in [0.717, 1.165) is 37.3 Å². The smallest absolute Gasteiger partial charge is 0.0593 e. The molecule has 0 unspecified atom stereocenters. The molecule has 0 N–H and O–H groups in total. The average Bonchev–Trinajstić information content (AvgIpc) is 2.10. The summed E-state index contributed by atoms with van der Waals surface area (Å²) in [6.07, 6.45) is 0. The summed E-state index contributed by atoms with van der Waals surface area (Å²) < 4.78 is 5.46. The zero-order valence-electron chi connectivity index (χ0n) is 10.7. The van der Waals surface area contributed by atoms with Gasteiger partial charge in [-0.15, -0.1) is 0 Å². The summed E-state index contributed by atoms with van der Waals surface area (Å²) in [4.78, 5) is 2.49. The second-order valence-electron chi connectivity index (χ2n) is 4.88. The van der Waals surface area contributed by atoms with Crippen molar-refractivity contribution in [1.29, 1.82) is 0 Å². The molecule has 0 rings (SSSR count). The molecule has 2 nitrogen and oxygen atoms in total. The number of ether oxygens (including phenoxy) is 1. The Morgan fingerprint density at radius 3 is 1.93 bits per heavy atom. The molecule has 0 aromatic rings. The first-order chi connectivity index (χ1) is 7.06. The first-order valence-electron chi connectivity index (χ1n) is 5.97. The summed E-state index contributed by atoms with van der Waals surface area (Å²) in [5.41, 5.74) is 0. The maximum absolute atomic E-state index is 5.46. The van der Waals surface area contributed by atoms with Gasteiger partial charge in [-0.1, -0.05) is 27.7 Å². The van der Waals surface area contributed by atoms with Gasteiger partial charge in [0.25, 0.3) is 0 Å². The molecule has 0 atom stereocenters. The van der Waals surface area contributed by atoms with Gasteiger partial charge in [-0.25, -0.2) is 0 Å². The van der Waals surface area contributed by atoms with E-state index in [1.54, 1.807) is 0 Å². The minimum Gasteiger partial charge on any atom is -0.379 e. The molecular formula is C12H27NOS. The Labute approximate surface area is 101 Å². The van der Waals surface area contributed by atoms with Crippen molar-refractivity contribution in [3.05, 3.63) is 0 Å². The van der Waals surface area contributed by atoms with E-state index >= 15 is 0 Å². The van der Waals surface area contributed by atoms with E-state index < -0.39 is 0 Å². The molecule has 15 heavy (non-hydrogen) atoms. The Morgan fingerprint density at radius 2 is 1.53 bits per heavy atom. The zero-order valence-corrected chi connectivity index (χ0v) is 11.6. The molecule has 3 heteroatoms. The highest BCUT2D eigenvalue weighted by Gasteiger charge is 2.08. The van der Waals surface area contributed by atoms with Crippen molar-refractivity contribution in [2.45, 2.75) is 27.7 Å². The minimum absolute atomic E-state index is 0.730. The standard InChI is InChI=1S/C12H27NOS/c1-11(2)9-13(10-12(3)4)5-6-14-7-8-15/h11-12,15H,5-10H2,1-4H3. The van der Waals surface area contributed by atoms with Gasteiger partial charge in [0.15, 0.2) is 0 Å². The molecule has 0 saturated carbocycles. The summed E-state index contributed by atoms with van der Waals surface area (Å²) in [5, 5.41) is 0. The normalized spacial score (nSPS) is 12.0. The molecule has 0 bridgehead atoms. The molecule has 0 aromatic carbocycles. The molecule has 0 saturated heterocycles. The molecule has 0 amide bonds. The van der Waals surface area contributed by atoms with Crippen LogP contribution in [0.1, 0.15) is 27.7 Å². The van der Waals surface area contributed by atoms with Gasteiger partial charge in [0.05, 0.1) is 13.2 Å². The van der Waals surface area contributed by atoms with Gasteiger partial charge in [0.1, 0.15) is 0 Å². The molecule has 0 aliphatic carbocycles. The summed E-state index contributed by atoms with van der Waals surface area (Å²) >= 11 is 4.12. The van der Waals surface area contributed by atoms with Crippen molar-refractivity contribution in [2.24, 2.45) is 11.8 Å². The quantitative estimate of drug-likeness (QED) is 0.485. The van der Waals surface area contributed by atoms with E-state index in [9.17, 15) is 0 Å². The molecule has 0 aliphatic heterocycles. The van der Waals surface area contributed by atoms with Crippen LogP contribution in [0.15, 0.2) is 0 Å². The third kappa shape index (κ3) is 10.6. The topological polar surface area (TPSA) is 12.5 Å². The predicted molar refractivity (Wildman–Crippen MR) is 70.8 cm³/mol. The van der Waals surface area contributed by atoms with Crippen LogP contribution in [-0.2, 0) is 4.74 Å². The SMILES string of the molecule is CC(C)CN(CCOCCS)CC(C)C. The Morgan fingerprint density at radius 1 is 1.00 bits per heavy atom. The van der Waals surface area contributed by atoms with Crippen LogP contribution in [0.2, 0.25) is 0 Å². The van der Waals surface area contributed by atoms with Crippen molar-refractivity contribution in [3.63, 3.8) is 0 Å². The Bertz CT molecular complexity index is 130. The van der Waals surface area contributed by atoms with E-state index in [1.165, 1.54) is 13.1 Å². The van der Waals surface area contributed by atoms with Crippen molar-refractivity contribution in [2.75, 3.05) is 38.6 Å². The molecular weight excluding hydrogens is 206 g/mol. The van der Waals surface area contributed by atoms with Crippen molar-refractivity contribution >= 4 is 12.6 Å². The molecule has 0 aliphatic rings. The zero-order chi connectivity index (χ0) is 11.7. The maximum Gasteiger partial charge on any atom is 0.0593 e. The van der Waals surface area contributed by atoms with E-state index in [2.05, 4.69) is 45.2 Å². The lowest BCUT2D eigenvalue weighted by atomic mass is 10.1. The summed E-state index contributed by atoms with van der Waals surface area (Å²) in [6.45, 7) is 14.0. The van der Waals surface area contributed by atoms with Crippen LogP contribution in [0.4, 0.5) is 0 Å². The molecule has 92 valence electrons. The van der Waals surface area contributed by atoms with E-state index in [0.29, 0.717) is 0 Å². The van der Waals surface area contributed by atoms with E-state index in [1.807, 2.05) is 0 Å². The monoisotopic (exact) mass is 233 g/mol. The number of hydrogen-bond acceptors (Lipinski definition) is 3. The second-order valence-corrected chi connectivity index (χ2v) is 5.33.